The van der Waals surface area contributed by atoms with Gasteiger partial charge in [-0.3, -0.25) is 4.79 Å². The van der Waals surface area contributed by atoms with Crippen LogP contribution in [0.15, 0.2) is 0 Å². The standard InChI is InChI=1S/C17H33NO5/c1-6-7-8-9-10-15(19)22-14-13-21-12-11-18(5)16(20)23-17(2,3)4/h6-14H2,1-5H3. The Kier molecular flexibility index (Phi) is 11.5. The van der Waals surface area contributed by atoms with Gasteiger partial charge in [-0.25, -0.2) is 4.79 Å². The van der Waals surface area contributed by atoms with Gasteiger partial charge in [-0.2, -0.15) is 0 Å². The summed E-state index contributed by atoms with van der Waals surface area (Å²) in [7, 11) is 1.66. The molecular weight excluding hydrogens is 298 g/mol. The summed E-state index contributed by atoms with van der Waals surface area (Å²) in [6.07, 6.45) is 4.36. The first-order chi connectivity index (χ1) is 10.8. The van der Waals surface area contributed by atoms with Crippen LogP contribution in [-0.4, -0.2) is 56.0 Å². The Morgan fingerprint density at radius 2 is 1.70 bits per heavy atom. The third kappa shape index (κ3) is 14.0. The highest BCUT2D eigenvalue weighted by molar-refractivity contribution is 5.69. The average molecular weight is 331 g/mol. The van der Waals surface area contributed by atoms with E-state index in [2.05, 4.69) is 6.92 Å². The molecule has 6 nitrogen and oxygen atoms in total. The largest absolute Gasteiger partial charge is 0.463 e. The minimum atomic E-state index is -0.502. The molecule has 0 saturated carbocycles. The van der Waals surface area contributed by atoms with Crippen molar-refractivity contribution in [3.8, 4) is 0 Å². The van der Waals surface area contributed by atoms with Crippen molar-refractivity contribution in [3.05, 3.63) is 0 Å². The smallest absolute Gasteiger partial charge is 0.410 e. The maximum atomic E-state index is 11.7. The predicted molar refractivity (Wildman–Crippen MR) is 89.4 cm³/mol. The minimum Gasteiger partial charge on any atom is -0.463 e. The molecule has 0 bridgehead atoms. The lowest BCUT2D eigenvalue weighted by molar-refractivity contribution is -0.145. The Labute approximate surface area is 140 Å². The molecule has 0 rings (SSSR count). The van der Waals surface area contributed by atoms with Gasteiger partial charge in [0.05, 0.1) is 13.2 Å². The number of rotatable bonds is 11. The molecule has 0 aromatic rings. The second-order valence-electron chi connectivity index (χ2n) is 6.55. The molecular formula is C17H33NO5. The molecule has 0 N–H and O–H groups in total. The van der Waals surface area contributed by atoms with E-state index in [-0.39, 0.29) is 18.7 Å². The van der Waals surface area contributed by atoms with E-state index in [9.17, 15) is 9.59 Å². The van der Waals surface area contributed by atoms with Crippen LogP contribution in [0, 0.1) is 0 Å². The summed E-state index contributed by atoms with van der Waals surface area (Å²) in [5, 5.41) is 0. The lowest BCUT2D eigenvalue weighted by Gasteiger charge is -2.24. The van der Waals surface area contributed by atoms with E-state index in [4.69, 9.17) is 14.2 Å². The number of nitrogens with zero attached hydrogens (tertiary/aromatic N) is 1. The highest BCUT2D eigenvalue weighted by atomic mass is 16.6. The maximum Gasteiger partial charge on any atom is 0.410 e. The monoisotopic (exact) mass is 331 g/mol. The van der Waals surface area contributed by atoms with Crippen LogP contribution >= 0.6 is 0 Å². The first-order valence-corrected chi connectivity index (χ1v) is 8.43. The quantitative estimate of drug-likeness (QED) is 0.429. The zero-order valence-electron chi connectivity index (χ0n) is 15.4. The molecule has 23 heavy (non-hydrogen) atoms. The van der Waals surface area contributed by atoms with Crippen LogP contribution in [0.1, 0.15) is 59.8 Å². The van der Waals surface area contributed by atoms with Gasteiger partial charge < -0.3 is 19.1 Å². The number of amides is 1. The third-order valence-corrected chi connectivity index (χ3v) is 3.00. The normalized spacial score (nSPS) is 11.2. The van der Waals surface area contributed by atoms with Gasteiger partial charge in [-0.1, -0.05) is 26.2 Å². The third-order valence-electron chi connectivity index (χ3n) is 3.00. The number of hydrogen-bond donors (Lipinski definition) is 0. The van der Waals surface area contributed by atoms with Crippen LogP contribution in [0.5, 0.6) is 0 Å². The van der Waals surface area contributed by atoms with E-state index in [1.54, 1.807) is 7.05 Å². The first kappa shape index (κ1) is 21.7. The molecule has 0 fully saturated rings. The van der Waals surface area contributed by atoms with E-state index < -0.39 is 5.60 Å². The molecule has 0 aliphatic heterocycles. The Bertz CT molecular complexity index is 338. The molecule has 0 aromatic carbocycles. The van der Waals surface area contributed by atoms with Crippen molar-refractivity contribution >= 4 is 12.1 Å². The van der Waals surface area contributed by atoms with E-state index in [0.29, 0.717) is 26.2 Å². The van der Waals surface area contributed by atoms with Crippen molar-refractivity contribution in [1.29, 1.82) is 0 Å². The summed E-state index contributed by atoms with van der Waals surface area (Å²) in [5.74, 6) is -0.171. The van der Waals surface area contributed by atoms with E-state index in [1.807, 2.05) is 20.8 Å². The summed E-state index contributed by atoms with van der Waals surface area (Å²) >= 11 is 0. The first-order valence-electron chi connectivity index (χ1n) is 8.43. The lowest BCUT2D eigenvalue weighted by atomic mass is 10.2. The number of likely N-dealkylation sites (N-methyl/N-ethyl adjacent to an activating group) is 1. The zero-order chi connectivity index (χ0) is 17.7. The fourth-order valence-electron chi connectivity index (χ4n) is 1.72. The Morgan fingerprint density at radius 1 is 1.00 bits per heavy atom. The van der Waals surface area contributed by atoms with Gasteiger partial charge in [-0.15, -0.1) is 0 Å². The minimum absolute atomic E-state index is 0.171. The van der Waals surface area contributed by atoms with Crippen LogP contribution in [0.3, 0.4) is 0 Å². The van der Waals surface area contributed by atoms with Gasteiger partial charge in [0.1, 0.15) is 12.2 Å². The number of carbonyl (C=O) groups excluding carboxylic acids is 2. The summed E-state index contributed by atoms with van der Waals surface area (Å²) in [6.45, 7) is 9.01. The van der Waals surface area contributed by atoms with Crippen molar-refractivity contribution in [2.75, 3.05) is 33.4 Å². The molecule has 0 aliphatic rings. The van der Waals surface area contributed by atoms with Crippen molar-refractivity contribution in [1.82, 2.24) is 4.90 Å². The van der Waals surface area contributed by atoms with Gasteiger partial charge in [-0.05, 0) is 27.2 Å². The molecule has 0 aromatic heterocycles. The predicted octanol–water partition coefficient (Wildman–Crippen LogP) is 3.38. The van der Waals surface area contributed by atoms with Crippen molar-refractivity contribution in [2.24, 2.45) is 0 Å². The molecule has 1 amide bonds. The number of esters is 1. The molecule has 0 radical (unpaired) electrons. The highest BCUT2D eigenvalue weighted by Gasteiger charge is 2.19. The van der Waals surface area contributed by atoms with Crippen molar-refractivity contribution in [3.63, 3.8) is 0 Å². The molecule has 0 saturated heterocycles. The molecule has 0 heterocycles. The molecule has 136 valence electrons. The summed E-state index contributed by atoms with van der Waals surface area (Å²) in [5.41, 5.74) is -0.502. The highest BCUT2D eigenvalue weighted by Crippen LogP contribution is 2.08. The van der Waals surface area contributed by atoms with Crippen LogP contribution < -0.4 is 0 Å². The van der Waals surface area contributed by atoms with Gasteiger partial charge in [0, 0.05) is 20.0 Å². The lowest BCUT2D eigenvalue weighted by Crippen LogP contribution is -2.36. The van der Waals surface area contributed by atoms with Crippen molar-refractivity contribution in [2.45, 2.75) is 65.4 Å². The Balaban J connectivity index is 3.54. The van der Waals surface area contributed by atoms with Crippen LogP contribution in [0.2, 0.25) is 0 Å². The zero-order valence-corrected chi connectivity index (χ0v) is 15.4. The summed E-state index contributed by atoms with van der Waals surface area (Å²) in [6, 6.07) is 0. The van der Waals surface area contributed by atoms with E-state index >= 15 is 0 Å². The van der Waals surface area contributed by atoms with Crippen LogP contribution in [-0.2, 0) is 19.0 Å². The van der Waals surface area contributed by atoms with Gasteiger partial charge in [0.25, 0.3) is 0 Å². The molecule has 6 heteroatoms. The van der Waals surface area contributed by atoms with Crippen LogP contribution in [0.4, 0.5) is 4.79 Å². The second kappa shape index (κ2) is 12.2. The summed E-state index contributed by atoms with van der Waals surface area (Å²) < 4.78 is 15.7. The molecule has 0 atom stereocenters. The van der Waals surface area contributed by atoms with Crippen LogP contribution in [0.25, 0.3) is 0 Å². The number of carbonyl (C=O) groups is 2. The SMILES string of the molecule is CCCCCCC(=O)OCCOCCN(C)C(=O)OC(C)(C)C. The van der Waals surface area contributed by atoms with E-state index in [1.165, 1.54) is 4.90 Å². The molecule has 0 aliphatic carbocycles. The number of hydrogen-bond acceptors (Lipinski definition) is 5. The maximum absolute atomic E-state index is 11.7. The fourth-order valence-corrected chi connectivity index (χ4v) is 1.72. The topological polar surface area (TPSA) is 65.1 Å². The van der Waals surface area contributed by atoms with Gasteiger partial charge in [0.2, 0.25) is 0 Å². The fraction of sp³-hybridized carbons (Fsp3) is 0.882. The van der Waals surface area contributed by atoms with Gasteiger partial charge in [0.15, 0.2) is 0 Å². The van der Waals surface area contributed by atoms with Gasteiger partial charge >= 0.3 is 12.1 Å². The Hall–Kier alpha value is -1.30. The number of unbranched alkanes of at least 4 members (excludes halogenated alkanes) is 3. The second-order valence-corrected chi connectivity index (χ2v) is 6.55. The Morgan fingerprint density at radius 3 is 2.30 bits per heavy atom. The van der Waals surface area contributed by atoms with E-state index in [0.717, 1.165) is 25.7 Å². The molecule has 0 unspecified atom stereocenters. The summed E-state index contributed by atoms with van der Waals surface area (Å²) in [4.78, 5) is 24.6. The average Bonchev–Trinajstić information content (AvgIpc) is 2.45. The molecule has 0 spiro atoms. The van der Waals surface area contributed by atoms with Crippen molar-refractivity contribution < 1.29 is 23.8 Å². The number of ether oxygens (including phenoxy) is 3.